The number of nitrogens with one attached hydrogen (secondary N) is 2. The SMILES string of the molecule is COc1cc(Nc2cc(Oc3cccnc3-c3ccc(NC(C)=O)cc3)ccn2)cc(OC)c1OC. The van der Waals surface area contributed by atoms with E-state index in [4.69, 9.17) is 18.9 Å². The van der Waals surface area contributed by atoms with Crippen molar-refractivity contribution in [3.05, 3.63) is 73.1 Å². The number of carbonyl (C=O) groups excluding carboxylic acids is 1. The van der Waals surface area contributed by atoms with Crippen LogP contribution in [0.2, 0.25) is 0 Å². The summed E-state index contributed by atoms with van der Waals surface area (Å²) in [6.07, 6.45) is 3.35. The molecule has 0 unspecified atom stereocenters. The van der Waals surface area contributed by atoms with Crippen LogP contribution in [0.4, 0.5) is 17.2 Å². The van der Waals surface area contributed by atoms with Crippen molar-refractivity contribution in [3.63, 3.8) is 0 Å². The zero-order valence-electron chi connectivity index (χ0n) is 20.4. The maximum Gasteiger partial charge on any atom is 0.221 e. The van der Waals surface area contributed by atoms with Crippen molar-refractivity contribution in [2.45, 2.75) is 6.92 Å². The second-order valence-electron chi connectivity index (χ2n) is 7.63. The molecule has 0 aliphatic carbocycles. The third kappa shape index (κ3) is 5.64. The Labute approximate surface area is 209 Å². The van der Waals surface area contributed by atoms with E-state index in [9.17, 15) is 4.79 Å². The number of hydrogen-bond donors (Lipinski definition) is 2. The maximum absolute atomic E-state index is 11.3. The highest BCUT2D eigenvalue weighted by atomic mass is 16.5. The zero-order chi connectivity index (χ0) is 25.5. The molecule has 2 aromatic heterocycles. The smallest absolute Gasteiger partial charge is 0.221 e. The Kier molecular flexibility index (Phi) is 7.50. The van der Waals surface area contributed by atoms with Crippen LogP contribution in [0, 0.1) is 0 Å². The molecule has 0 aliphatic rings. The minimum atomic E-state index is -0.127. The van der Waals surface area contributed by atoms with Crippen LogP contribution in [0.25, 0.3) is 11.3 Å². The van der Waals surface area contributed by atoms with Crippen molar-refractivity contribution >= 4 is 23.1 Å². The van der Waals surface area contributed by atoms with Gasteiger partial charge in [0, 0.05) is 54.5 Å². The lowest BCUT2D eigenvalue weighted by molar-refractivity contribution is -0.114. The van der Waals surface area contributed by atoms with Crippen LogP contribution in [-0.2, 0) is 4.79 Å². The number of hydrogen-bond acceptors (Lipinski definition) is 8. The summed E-state index contributed by atoms with van der Waals surface area (Å²) in [7, 11) is 4.68. The quantitative estimate of drug-likeness (QED) is 0.312. The average molecular weight is 487 g/mol. The minimum Gasteiger partial charge on any atom is -0.493 e. The molecule has 1 amide bonds. The van der Waals surface area contributed by atoms with E-state index in [0.717, 1.165) is 5.56 Å². The highest BCUT2D eigenvalue weighted by molar-refractivity contribution is 5.89. The van der Waals surface area contributed by atoms with Gasteiger partial charge < -0.3 is 29.6 Å². The lowest BCUT2D eigenvalue weighted by Crippen LogP contribution is -2.05. The summed E-state index contributed by atoms with van der Waals surface area (Å²) in [5, 5.41) is 6.00. The number of methoxy groups -OCH3 is 3. The molecule has 184 valence electrons. The number of benzene rings is 2. The largest absolute Gasteiger partial charge is 0.493 e. The van der Waals surface area contributed by atoms with E-state index < -0.39 is 0 Å². The van der Waals surface area contributed by atoms with Crippen molar-refractivity contribution in [2.75, 3.05) is 32.0 Å². The third-order valence-electron chi connectivity index (χ3n) is 5.15. The molecule has 0 fully saturated rings. The van der Waals surface area contributed by atoms with Gasteiger partial charge in [-0.1, -0.05) is 12.1 Å². The maximum atomic E-state index is 11.3. The Hall–Kier alpha value is -4.79. The molecular formula is C27H26N4O5. The topological polar surface area (TPSA) is 104 Å². The minimum absolute atomic E-state index is 0.127. The number of pyridine rings is 2. The van der Waals surface area contributed by atoms with Crippen LogP contribution in [0.5, 0.6) is 28.7 Å². The Morgan fingerprint density at radius 3 is 2.14 bits per heavy atom. The fraction of sp³-hybridized carbons (Fsp3) is 0.148. The molecule has 0 aliphatic heterocycles. The molecule has 0 saturated heterocycles. The van der Waals surface area contributed by atoms with Crippen molar-refractivity contribution in [1.29, 1.82) is 0 Å². The third-order valence-corrected chi connectivity index (χ3v) is 5.15. The highest BCUT2D eigenvalue weighted by Gasteiger charge is 2.14. The Balaban J connectivity index is 1.57. The summed E-state index contributed by atoms with van der Waals surface area (Å²) in [4.78, 5) is 20.2. The molecular weight excluding hydrogens is 460 g/mol. The van der Waals surface area contributed by atoms with Gasteiger partial charge in [0.05, 0.1) is 21.3 Å². The van der Waals surface area contributed by atoms with Crippen LogP contribution in [-0.4, -0.2) is 37.2 Å². The second kappa shape index (κ2) is 11.1. The van der Waals surface area contributed by atoms with E-state index in [2.05, 4.69) is 20.6 Å². The van der Waals surface area contributed by atoms with Crippen LogP contribution in [0.15, 0.2) is 73.1 Å². The van der Waals surface area contributed by atoms with Gasteiger partial charge in [0.1, 0.15) is 17.3 Å². The van der Waals surface area contributed by atoms with Crippen LogP contribution in [0.3, 0.4) is 0 Å². The van der Waals surface area contributed by atoms with Gasteiger partial charge in [0.25, 0.3) is 0 Å². The molecule has 0 radical (unpaired) electrons. The number of aromatic nitrogens is 2. The monoisotopic (exact) mass is 486 g/mol. The summed E-state index contributed by atoms with van der Waals surface area (Å²) in [6.45, 7) is 1.47. The molecule has 2 aromatic carbocycles. The number of ether oxygens (including phenoxy) is 4. The summed E-state index contributed by atoms with van der Waals surface area (Å²) in [6, 6.07) is 18.2. The number of carbonyl (C=O) groups is 1. The first-order chi connectivity index (χ1) is 17.5. The van der Waals surface area contributed by atoms with Gasteiger partial charge >= 0.3 is 0 Å². The number of nitrogens with zero attached hydrogens (tertiary/aromatic N) is 2. The van der Waals surface area contributed by atoms with E-state index >= 15 is 0 Å². The predicted octanol–water partition coefficient (Wildman–Crippen LogP) is 5.66. The van der Waals surface area contributed by atoms with E-state index in [-0.39, 0.29) is 5.91 Å². The molecule has 9 heteroatoms. The molecule has 2 heterocycles. The summed E-state index contributed by atoms with van der Waals surface area (Å²) < 4.78 is 22.4. The van der Waals surface area contributed by atoms with Crippen LogP contribution < -0.4 is 29.6 Å². The molecule has 0 atom stereocenters. The molecule has 36 heavy (non-hydrogen) atoms. The van der Waals surface area contributed by atoms with E-state index in [1.807, 2.05) is 30.3 Å². The van der Waals surface area contributed by atoms with Gasteiger partial charge in [-0.2, -0.15) is 0 Å². The van der Waals surface area contributed by atoms with Gasteiger partial charge in [-0.05, 0) is 30.3 Å². The van der Waals surface area contributed by atoms with E-state index in [0.29, 0.717) is 51.6 Å². The molecule has 0 spiro atoms. The van der Waals surface area contributed by atoms with Gasteiger partial charge in [-0.25, -0.2) is 4.98 Å². The highest BCUT2D eigenvalue weighted by Crippen LogP contribution is 2.41. The number of rotatable bonds is 9. The van der Waals surface area contributed by atoms with Crippen molar-refractivity contribution in [2.24, 2.45) is 0 Å². The van der Waals surface area contributed by atoms with Crippen LogP contribution >= 0.6 is 0 Å². The van der Waals surface area contributed by atoms with Gasteiger partial charge in [0.2, 0.25) is 11.7 Å². The number of anilines is 3. The number of amides is 1. The summed E-state index contributed by atoms with van der Waals surface area (Å²) in [5.74, 6) is 3.14. The van der Waals surface area contributed by atoms with Crippen molar-refractivity contribution < 1.29 is 23.7 Å². The first kappa shape index (κ1) is 24.3. The fourth-order valence-electron chi connectivity index (χ4n) is 3.58. The first-order valence-electron chi connectivity index (χ1n) is 11.0. The second-order valence-corrected chi connectivity index (χ2v) is 7.63. The predicted molar refractivity (Wildman–Crippen MR) is 138 cm³/mol. The van der Waals surface area contributed by atoms with E-state index in [1.165, 1.54) is 6.92 Å². The zero-order valence-corrected chi connectivity index (χ0v) is 20.4. The van der Waals surface area contributed by atoms with Gasteiger partial charge in [0.15, 0.2) is 17.2 Å². The first-order valence-corrected chi connectivity index (χ1v) is 11.0. The summed E-state index contributed by atoms with van der Waals surface area (Å²) >= 11 is 0. The lowest BCUT2D eigenvalue weighted by atomic mass is 10.1. The Morgan fingerprint density at radius 1 is 0.778 bits per heavy atom. The molecule has 0 saturated carbocycles. The normalized spacial score (nSPS) is 10.3. The van der Waals surface area contributed by atoms with Crippen molar-refractivity contribution in [1.82, 2.24) is 9.97 Å². The fourth-order valence-corrected chi connectivity index (χ4v) is 3.58. The van der Waals surface area contributed by atoms with Crippen LogP contribution in [0.1, 0.15) is 6.92 Å². The summed E-state index contributed by atoms with van der Waals surface area (Å²) in [5.41, 5.74) is 2.93. The standard InChI is InChI=1S/C27H26N4O5/c1-17(32)30-19-9-7-18(8-10-19)26-22(6-5-12-29-26)36-21-11-13-28-25(16-21)31-20-14-23(33-2)27(35-4)24(15-20)34-3/h5-16H,1-4H3,(H,28,31)(H,30,32). The Bertz CT molecular complexity index is 1330. The van der Waals surface area contributed by atoms with E-state index in [1.54, 1.807) is 64.1 Å². The molecule has 9 nitrogen and oxygen atoms in total. The van der Waals surface area contributed by atoms with Gasteiger partial charge in [-0.15, -0.1) is 0 Å². The average Bonchev–Trinajstić information content (AvgIpc) is 2.89. The molecule has 4 aromatic rings. The molecule has 2 N–H and O–H groups in total. The van der Waals surface area contributed by atoms with Gasteiger partial charge in [-0.3, -0.25) is 9.78 Å². The Morgan fingerprint density at radius 2 is 1.50 bits per heavy atom. The molecule has 4 rings (SSSR count). The van der Waals surface area contributed by atoms with Crippen molar-refractivity contribution in [3.8, 4) is 40.0 Å². The lowest BCUT2D eigenvalue weighted by Gasteiger charge is -2.15. The molecule has 0 bridgehead atoms.